The van der Waals surface area contributed by atoms with Gasteiger partial charge in [-0.25, -0.2) is 14.6 Å². The summed E-state index contributed by atoms with van der Waals surface area (Å²) < 4.78 is 5.78. The number of halogens is 1. The molecule has 20 heteroatoms. The predicted octanol–water partition coefficient (Wildman–Crippen LogP) is 1.81. The number of nitrogens with zero attached hydrogens (tertiary/aromatic N) is 5. The van der Waals surface area contributed by atoms with Gasteiger partial charge in [0.05, 0.1) is 0 Å². The maximum Gasteiger partial charge on any atom is 0.352 e. The van der Waals surface area contributed by atoms with Crippen molar-refractivity contribution < 1.29 is 38.7 Å². The highest BCUT2D eigenvalue weighted by atomic mass is 35.5. The SMILES string of the molecule is CC(C)(C)OC(=O)CO/N=C(/C(=O)NC1C(=O)N2C(C(=O)O)=C(CSc3nncs3)CS[C@H]12)c1nc(NC=O)sc1Cl. The molecule has 0 bridgehead atoms. The Labute approximate surface area is 259 Å². The van der Waals surface area contributed by atoms with Crippen LogP contribution in [-0.2, 0) is 33.5 Å². The van der Waals surface area contributed by atoms with E-state index in [4.69, 9.17) is 21.2 Å². The predicted molar refractivity (Wildman–Crippen MR) is 155 cm³/mol. The molecule has 4 heterocycles. The second kappa shape index (κ2) is 13.4. The third-order valence-electron chi connectivity index (χ3n) is 5.21. The summed E-state index contributed by atoms with van der Waals surface area (Å²) in [6.07, 6.45) is 0.366. The number of thiazole rings is 1. The summed E-state index contributed by atoms with van der Waals surface area (Å²) in [7, 11) is 0. The van der Waals surface area contributed by atoms with Crippen LogP contribution in [0, 0.1) is 0 Å². The lowest BCUT2D eigenvalue weighted by Gasteiger charge is -2.49. The largest absolute Gasteiger partial charge is 0.477 e. The van der Waals surface area contributed by atoms with Gasteiger partial charge in [0.2, 0.25) is 13.0 Å². The summed E-state index contributed by atoms with van der Waals surface area (Å²) in [5, 5.41) is 25.5. The summed E-state index contributed by atoms with van der Waals surface area (Å²) in [4.78, 5) is 71.8. The molecule has 0 radical (unpaired) electrons. The number of fused-ring (bicyclic) bond motifs is 1. The van der Waals surface area contributed by atoms with Crippen LogP contribution in [0.1, 0.15) is 26.5 Å². The molecule has 0 aromatic carbocycles. The highest BCUT2D eigenvalue weighted by Crippen LogP contribution is 2.41. The second-order valence-electron chi connectivity index (χ2n) is 9.31. The molecule has 0 aliphatic carbocycles. The molecule has 3 amide bonds. The first-order valence-corrected chi connectivity index (χ1v) is 15.9. The average Bonchev–Trinajstić information content (AvgIpc) is 3.56. The van der Waals surface area contributed by atoms with E-state index in [1.807, 2.05) is 0 Å². The lowest BCUT2D eigenvalue weighted by atomic mass is 10.0. The van der Waals surface area contributed by atoms with Gasteiger partial charge in [0.25, 0.3) is 11.8 Å². The van der Waals surface area contributed by atoms with Crippen LogP contribution in [-0.4, -0.2) is 96.2 Å². The van der Waals surface area contributed by atoms with Gasteiger partial charge in [-0.3, -0.25) is 19.3 Å². The number of carboxylic acids is 1. The van der Waals surface area contributed by atoms with Gasteiger partial charge in [0.1, 0.15) is 38.3 Å². The highest BCUT2D eigenvalue weighted by molar-refractivity contribution is 8.01. The minimum atomic E-state index is -1.27. The van der Waals surface area contributed by atoms with Gasteiger partial charge in [-0.1, -0.05) is 51.2 Å². The van der Waals surface area contributed by atoms with Crippen molar-refractivity contribution in [2.75, 3.05) is 23.4 Å². The molecular weight excluding hydrogens is 654 g/mol. The molecule has 1 saturated heterocycles. The van der Waals surface area contributed by atoms with E-state index in [0.29, 0.717) is 27.8 Å². The Balaban J connectivity index is 1.51. The monoisotopic (exact) mass is 675 g/mol. The Morgan fingerprint density at radius 3 is 2.76 bits per heavy atom. The fourth-order valence-electron chi connectivity index (χ4n) is 3.65. The maximum atomic E-state index is 13.4. The number of thioether (sulfide) groups is 2. The van der Waals surface area contributed by atoms with Crippen molar-refractivity contribution in [3.63, 3.8) is 0 Å². The molecule has 0 spiro atoms. The molecule has 2 atom stereocenters. The van der Waals surface area contributed by atoms with Gasteiger partial charge >= 0.3 is 11.9 Å². The van der Waals surface area contributed by atoms with Crippen molar-refractivity contribution in [1.29, 1.82) is 0 Å². The summed E-state index contributed by atoms with van der Waals surface area (Å²) in [6.45, 7) is 4.35. The number of esters is 1. The average molecular weight is 676 g/mol. The summed E-state index contributed by atoms with van der Waals surface area (Å²) in [5.41, 5.74) is 0.512. The van der Waals surface area contributed by atoms with Crippen LogP contribution in [0.5, 0.6) is 0 Å². The normalized spacial score (nSPS) is 18.6. The number of aromatic nitrogens is 3. The number of ether oxygens (including phenoxy) is 1. The number of anilines is 1. The fourth-order valence-corrected chi connectivity index (χ4v) is 7.63. The van der Waals surface area contributed by atoms with Crippen molar-refractivity contribution in [2.45, 2.75) is 42.1 Å². The number of carbonyl (C=O) groups is 5. The van der Waals surface area contributed by atoms with Gasteiger partial charge in [0, 0.05) is 11.5 Å². The Morgan fingerprint density at radius 1 is 1.36 bits per heavy atom. The van der Waals surface area contributed by atoms with E-state index in [9.17, 15) is 29.1 Å². The van der Waals surface area contributed by atoms with Crippen LogP contribution in [0.4, 0.5) is 5.13 Å². The number of aliphatic carboxylic acids is 1. The maximum absolute atomic E-state index is 13.4. The van der Waals surface area contributed by atoms with Gasteiger partial charge in [-0.2, -0.15) is 0 Å². The zero-order valence-electron chi connectivity index (χ0n) is 22.0. The molecular formula is C22H22ClN7O8S4. The molecule has 3 N–H and O–H groups in total. The molecule has 42 heavy (non-hydrogen) atoms. The first-order chi connectivity index (χ1) is 19.9. The Hall–Kier alpha value is -3.26. The number of nitrogens with one attached hydrogen (secondary N) is 2. The molecule has 224 valence electrons. The van der Waals surface area contributed by atoms with E-state index < -0.39 is 53.1 Å². The van der Waals surface area contributed by atoms with Gasteiger partial charge in [0.15, 0.2) is 15.2 Å². The summed E-state index contributed by atoms with van der Waals surface area (Å²) in [6, 6.07) is -1.10. The van der Waals surface area contributed by atoms with Crippen LogP contribution >= 0.6 is 57.8 Å². The molecule has 0 saturated carbocycles. The fraction of sp³-hybridized carbons (Fsp3) is 0.409. The van der Waals surface area contributed by atoms with Gasteiger partial charge < -0.3 is 25.3 Å². The second-order valence-corrected chi connectivity index (χ2v) is 14.1. The lowest BCUT2D eigenvalue weighted by Crippen LogP contribution is -2.71. The lowest BCUT2D eigenvalue weighted by molar-refractivity contribution is -0.160. The minimum absolute atomic E-state index is 0.0311. The summed E-state index contributed by atoms with van der Waals surface area (Å²) >= 11 is 11.0. The van der Waals surface area contributed by atoms with Gasteiger partial charge in [-0.05, 0) is 26.3 Å². The van der Waals surface area contributed by atoms with Crippen LogP contribution in [0.25, 0.3) is 0 Å². The van der Waals surface area contributed by atoms with Crippen LogP contribution < -0.4 is 10.6 Å². The number of hydrogen-bond acceptors (Lipinski definition) is 15. The first-order valence-electron chi connectivity index (χ1n) is 11.8. The number of amides is 3. The highest BCUT2D eigenvalue weighted by Gasteiger charge is 2.54. The van der Waals surface area contributed by atoms with Gasteiger partial charge in [-0.15, -0.1) is 22.0 Å². The molecule has 2 aliphatic rings. The van der Waals surface area contributed by atoms with E-state index in [0.717, 1.165) is 16.2 Å². The van der Waals surface area contributed by atoms with Crippen molar-refractivity contribution >= 4 is 98.8 Å². The smallest absolute Gasteiger partial charge is 0.352 e. The number of oxime groups is 1. The van der Waals surface area contributed by atoms with Crippen molar-refractivity contribution in [3.05, 3.63) is 26.8 Å². The van der Waals surface area contributed by atoms with Crippen LogP contribution in [0.15, 0.2) is 26.3 Å². The first kappa shape index (κ1) is 31.7. The van der Waals surface area contributed by atoms with E-state index in [2.05, 4.69) is 31.0 Å². The molecule has 1 unspecified atom stereocenters. The van der Waals surface area contributed by atoms with Crippen LogP contribution in [0.2, 0.25) is 4.34 Å². The van der Waals surface area contributed by atoms with E-state index in [-0.39, 0.29) is 20.9 Å². The van der Waals surface area contributed by atoms with Crippen LogP contribution in [0.3, 0.4) is 0 Å². The number of carbonyl (C=O) groups excluding carboxylic acids is 4. The molecule has 1 fully saturated rings. The topological polar surface area (TPSA) is 202 Å². The summed E-state index contributed by atoms with van der Waals surface area (Å²) in [5.74, 6) is -3.00. The third-order valence-corrected chi connectivity index (χ3v) is 9.68. The Morgan fingerprint density at radius 2 is 2.12 bits per heavy atom. The number of hydrogen-bond donors (Lipinski definition) is 3. The zero-order chi connectivity index (χ0) is 30.6. The van der Waals surface area contributed by atoms with E-state index in [1.54, 1.807) is 26.3 Å². The van der Waals surface area contributed by atoms with E-state index in [1.165, 1.54) is 34.9 Å². The third kappa shape index (κ3) is 7.38. The minimum Gasteiger partial charge on any atom is -0.477 e. The Kier molecular flexibility index (Phi) is 10.1. The molecule has 4 rings (SSSR count). The zero-order valence-corrected chi connectivity index (χ0v) is 26.0. The molecule has 2 aliphatic heterocycles. The molecule has 15 nitrogen and oxygen atoms in total. The van der Waals surface area contributed by atoms with Crippen molar-refractivity contribution in [1.82, 2.24) is 25.4 Å². The number of β-lactam (4-membered cyclic amide) rings is 1. The quantitative estimate of drug-likeness (QED) is 0.0735. The standard InChI is InChI=1S/C22H22ClN7O8S4/c1-22(2,3)38-10(32)4-37-29-12(11-15(23)42-20(27-11)24-7-31)16(33)26-13-17(34)30-14(19(35)36)9(5-39-18(13)30)6-40-21-28-25-8-41-21/h7-8,13,18H,4-6H2,1-3H3,(H,26,33)(H,35,36)(H,24,27,31)/b29-12+/t13?,18-/m1/s1. The number of carboxylic acid groups (broad SMARTS) is 1. The van der Waals surface area contributed by atoms with E-state index >= 15 is 0 Å². The molecule has 2 aromatic heterocycles. The Bertz CT molecular complexity index is 1460. The van der Waals surface area contributed by atoms with Crippen molar-refractivity contribution in [2.24, 2.45) is 5.16 Å². The van der Waals surface area contributed by atoms with Crippen molar-refractivity contribution in [3.8, 4) is 0 Å². The number of rotatable bonds is 12. The molecule has 2 aromatic rings.